The first kappa shape index (κ1) is 15.6. The van der Waals surface area contributed by atoms with E-state index in [1.165, 1.54) is 10.4 Å². The largest absolute Gasteiger partial charge is 0.369 e. The molecule has 4 N–H and O–H groups in total. The first-order valence-corrected chi connectivity index (χ1v) is 8.54. The topological polar surface area (TPSA) is 96.9 Å². The molecule has 8 nitrogen and oxygen atoms in total. The van der Waals surface area contributed by atoms with E-state index in [2.05, 4.69) is 48.8 Å². The molecule has 1 fully saturated rings. The molecular formula is C17H22N8. The van der Waals surface area contributed by atoms with Gasteiger partial charge >= 0.3 is 0 Å². The average Bonchev–Trinajstić information content (AvgIpc) is 3.04. The molecule has 1 atom stereocenters. The Morgan fingerprint density at radius 1 is 1.24 bits per heavy atom. The van der Waals surface area contributed by atoms with Crippen LogP contribution in [0, 0.1) is 0 Å². The van der Waals surface area contributed by atoms with Crippen LogP contribution < -0.4 is 16.4 Å². The Bertz CT molecular complexity index is 773. The van der Waals surface area contributed by atoms with Crippen molar-refractivity contribution in [2.75, 3.05) is 37.2 Å². The second-order valence-electron chi connectivity index (χ2n) is 6.11. The van der Waals surface area contributed by atoms with Crippen LogP contribution >= 0.6 is 0 Å². The third-order valence-electron chi connectivity index (χ3n) is 4.38. The van der Waals surface area contributed by atoms with Crippen LogP contribution in [0.1, 0.15) is 6.42 Å². The maximum Gasteiger partial charge on any atom is 0.244 e. The molecule has 1 saturated heterocycles. The van der Waals surface area contributed by atoms with Crippen molar-refractivity contribution in [3.8, 4) is 5.82 Å². The van der Waals surface area contributed by atoms with E-state index in [9.17, 15) is 0 Å². The van der Waals surface area contributed by atoms with E-state index in [0.29, 0.717) is 17.7 Å². The first-order chi connectivity index (χ1) is 12.3. The van der Waals surface area contributed by atoms with Gasteiger partial charge in [-0.1, -0.05) is 18.2 Å². The van der Waals surface area contributed by atoms with Crippen LogP contribution in [0.4, 0.5) is 11.9 Å². The van der Waals surface area contributed by atoms with Gasteiger partial charge < -0.3 is 21.3 Å². The molecule has 2 aromatic rings. The SMILES string of the molecule is Nc1nc(NC2C=CC(N3CCNCC3)=CC2)nn1-c1ccccn1. The Hall–Kier alpha value is -2.87. The van der Waals surface area contributed by atoms with Gasteiger partial charge in [0.2, 0.25) is 11.9 Å². The van der Waals surface area contributed by atoms with E-state index >= 15 is 0 Å². The van der Waals surface area contributed by atoms with E-state index in [0.717, 1.165) is 32.6 Å². The van der Waals surface area contributed by atoms with Gasteiger partial charge in [-0.15, -0.1) is 5.10 Å². The van der Waals surface area contributed by atoms with Gasteiger partial charge in [-0.05, 0) is 24.6 Å². The fourth-order valence-electron chi connectivity index (χ4n) is 3.07. The molecule has 0 saturated carbocycles. The van der Waals surface area contributed by atoms with Crippen molar-refractivity contribution in [1.29, 1.82) is 0 Å². The predicted octanol–water partition coefficient (Wildman–Crippen LogP) is 0.774. The van der Waals surface area contributed by atoms with Gasteiger partial charge in [0.25, 0.3) is 0 Å². The van der Waals surface area contributed by atoms with Crippen molar-refractivity contribution >= 4 is 11.9 Å². The zero-order valence-corrected chi connectivity index (χ0v) is 14.0. The van der Waals surface area contributed by atoms with Gasteiger partial charge in [-0.25, -0.2) is 4.98 Å². The standard InChI is InChI=1S/C17H22N8/c18-16-22-17(23-25(16)15-3-1-2-8-20-15)21-13-4-6-14(7-5-13)24-11-9-19-10-12-24/h1-4,6-8,13,19H,5,9-12H2,(H3,18,21,22,23). The molecule has 0 bridgehead atoms. The third-order valence-corrected chi connectivity index (χ3v) is 4.38. The number of nitrogens with two attached hydrogens (primary N) is 1. The number of nitrogens with zero attached hydrogens (tertiary/aromatic N) is 5. The minimum atomic E-state index is 0.158. The zero-order chi connectivity index (χ0) is 17.1. The van der Waals surface area contributed by atoms with Gasteiger partial charge in [-0.2, -0.15) is 9.67 Å². The summed E-state index contributed by atoms with van der Waals surface area (Å²) < 4.78 is 1.54. The number of rotatable bonds is 4. The van der Waals surface area contributed by atoms with Crippen LogP contribution in [0.15, 0.2) is 48.3 Å². The van der Waals surface area contributed by atoms with Crippen molar-refractivity contribution in [3.63, 3.8) is 0 Å². The summed E-state index contributed by atoms with van der Waals surface area (Å²) in [5.74, 6) is 1.48. The monoisotopic (exact) mass is 338 g/mol. The van der Waals surface area contributed by atoms with Crippen molar-refractivity contribution < 1.29 is 0 Å². The van der Waals surface area contributed by atoms with Gasteiger partial charge in [0.1, 0.15) is 0 Å². The van der Waals surface area contributed by atoms with E-state index in [1.807, 2.05) is 18.2 Å². The second kappa shape index (κ2) is 6.94. The fraction of sp³-hybridized carbons (Fsp3) is 0.353. The Labute approximate surface area is 146 Å². The summed E-state index contributed by atoms with van der Waals surface area (Å²) in [5, 5.41) is 11.1. The summed E-state index contributed by atoms with van der Waals surface area (Å²) in [6.45, 7) is 4.20. The average molecular weight is 338 g/mol. The summed E-state index contributed by atoms with van der Waals surface area (Å²) in [6.07, 6.45) is 9.20. The molecule has 0 spiro atoms. The van der Waals surface area contributed by atoms with E-state index in [1.54, 1.807) is 6.20 Å². The predicted molar refractivity (Wildman–Crippen MR) is 97.3 cm³/mol. The molecule has 3 heterocycles. The van der Waals surface area contributed by atoms with Crippen LogP contribution in [-0.4, -0.2) is 56.9 Å². The first-order valence-electron chi connectivity index (χ1n) is 8.54. The number of aromatic nitrogens is 4. The summed E-state index contributed by atoms with van der Waals surface area (Å²) in [7, 11) is 0. The molecule has 0 radical (unpaired) electrons. The minimum Gasteiger partial charge on any atom is -0.369 e. The highest BCUT2D eigenvalue weighted by Gasteiger charge is 2.17. The van der Waals surface area contributed by atoms with Crippen LogP contribution in [0.5, 0.6) is 0 Å². The lowest BCUT2D eigenvalue weighted by atomic mass is 10.1. The number of hydrogen-bond acceptors (Lipinski definition) is 7. The highest BCUT2D eigenvalue weighted by molar-refractivity contribution is 5.40. The van der Waals surface area contributed by atoms with E-state index in [4.69, 9.17) is 5.73 Å². The number of hydrogen-bond donors (Lipinski definition) is 3. The molecule has 1 unspecified atom stereocenters. The quantitative estimate of drug-likeness (QED) is 0.758. The van der Waals surface area contributed by atoms with Gasteiger partial charge in [0.05, 0.1) is 6.04 Å². The number of allylic oxidation sites excluding steroid dienone is 1. The lowest BCUT2D eigenvalue weighted by Crippen LogP contribution is -2.43. The smallest absolute Gasteiger partial charge is 0.244 e. The van der Waals surface area contributed by atoms with Crippen molar-refractivity contribution in [2.24, 2.45) is 0 Å². The Kier molecular flexibility index (Phi) is 4.34. The summed E-state index contributed by atoms with van der Waals surface area (Å²) in [5.41, 5.74) is 7.26. The lowest BCUT2D eigenvalue weighted by Gasteiger charge is -2.32. The van der Waals surface area contributed by atoms with Crippen molar-refractivity contribution in [3.05, 3.63) is 48.3 Å². The van der Waals surface area contributed by atoms with Crippen LogP contribution in [0.3, 0.4) is 0 Å². The Morgan fingerprint density at radius 2 is 2.12 bits per heavy atom. The van der Waals surface area contributed by atoms with Crippen LogP contribution in [-0.2, 0) is 0 Å². The molecule has 2 aliphatic rings. The molecular weight excluding hydrogens is 316 g/mol. The minimum absolute atomic E-state index is 0.158. The van der Waals surface area contributed by atoms with Crippen molar-refractivity contribution in [1.82, 2.24) is 30.0 Å². The maximum absolute atomic E-state index is 5.96. The fourth-order valence-corrected chi connectivity index (χ4v) is 3.07. The lowest BCUT2D eigenvalue weighted by molar-refractivity contribution is 0.305. The molecule has 25 heavy (non-hydrogen) atoms. The number of piperazine rings is 1. The number of anilines is 2. The maximum atomic E-state index is 5.96. The number of nitrogens with one attached hydrogen (secondary N) is 2. The molecule has 0 aromatic carbocycles. The molecule has 0 amide bonds. The van der Waals surface area contributed by atoms with E-state index < -0.39 is 0 Å². The number of nitrogen functional groups attached to an aromatic ring is 1. The molecule has 130 valence electrons. The number of pyridine rings is 1. The molecule has 2 aromatic heterocycles. The zero-order valence-electron chi connectivity index (χ0n) is 14.0. The van der Waals surface area contributed by atoms with Crippen molar-refractivity contribution in [2.45, 2.75) is 12.5 Å². The molecule has 4 rings (SSSR count). The normalized spacial score (nSPS) is 20.4. The Morgan fingerprint density at radius 3 is 2.84 bits per heavy atom. The summed E-state index contributed by atoms with van der Waals surface area (Å²) in [4.78, 5) is 11.0. The van der Waals surface area contributed by atoms with Crippen LogP contribution in [0.25, 0.3) is 5.82 Å². The van der Waals surface area contributed by atoms with Crippen LogP contribution in [0.2, 0.25) is 0 Å². The van der Waals surface area contributed by atoms with Gasteiger partial charge in [0.15, 0.2) is 5.82 Å². The highest BCUT2D eigenvalue weighted by Crippen LogP contribution is 2.19. The van der Waals surface area contributed by atoms with Gasteiger partial charge in [-0.3, -0.25) is 0 Å². The van der Waals surface area contributed by atoms with Gasteiger partial charge in [0, 0.05) is 38.1 Å². The summed E-state index contributed by atoms with van der Waals surface area (Å²) in [6, 6.07) is 5.75. The second-order valence-corrected chi connectivity index (χ2v) is 6.11. The third kappa shape index (κ3) is 3.48. The molecule has 1 aliphatic heterocycles. The van der Waals surface area contributed by atoms with E-state index in [-0.39, 0.29) is 6.04 Å². The molecule has 1 aliphatic carbocycles. The highest BCUT2D eigenvalue weighted by atomic mass is 15.4. The molecule has 8 heteroatoms. The summed E-state index contributed by atoms with van der Waals surface area (Å²) >= 11 is 0. The Balaban J connectivity index is 1.41.